The number of carbonyl (C=O) groups excluding carboxylic acids is 1. The van der Waals surface area contributed by atoms with E-state index in [0.717, 1.165) is 12.1 Å². The van der Waals surface area contributed by atoms with E-state index < -0.39 is 28.1 Å². The second kappa shape index (κ2) is 6.31. The zero-order valence-corrected chi connectivity index (χ0v) is 11.6. The minimum atomic E-state index is -0.876. The number of nitro benzene ring substituents is 1. The van der Waals surface area contributed by atoms with Crippen LogP contribution in [0.5, 0.6) is 0 Å². The van der Waals surface area contributed by atoms with Crippen molar-refractivity contribution in [3.8, 4) is 0 Å². The highest BCUT2D eigenvalue weighted by molar-refractivity contribution is 5.67. The van der Waals surface area contributed by atoms with Gasteiger partial charge in [0.05, 0.1) is 4.92 Å². The van der Waals surface area contributed by atoms with Crippen LogP contribution in [0.25, 0.3) is 0 Å². The summed E-state index contributed by atoms with van der Waals surface area (Å²) in [6.07, 6.45) is -0.213. The smallest absolute Gasteiger partial charge is 0.407 e. The maximum atomic E-state index is 13.1. The van der Waals surface area contributed by atoms with E-state index in [1.54, 1.807) is 20.8 Å². The average molecular weight is 284 g/mol. The highest BCUT2D eigenvalue weighted by Gasteiger charge is 2.16. The lowest BCUT2D eigenvalue weighted by molar-refractivity contribution is -0.387. The van der Waals surface area contributed by atoms with Crippen molar-refractivity contribution < 1.29 is 18.8 Å². The molecule has 0 saturated carbocycles. The van der Waals surface area contributed by atoms with Gasteiger partial charge >= 0.3 is 11.8 Å². The lowest BCUT2D eigenvalue weighted by Crippen LogP contribution is -2.33. The van der Waals surface area contributed by atoms with Gasteiger partial charge in [-0.05, 0) is 38.8 Å². The molecule has 1 amide bonds. The van der Waals surface area contributed by atoms with Crippen LogP contribution in [0, 0.1) is 15.9 Å². The average Bonchev–Trinajstić information content (AvgIpc) is 2.28. The quantitative estimate of drug-likeness (QED) is 0.681. The fourth-order valence-electron chi connectivity index (χ4n) is 1.48. The molecule has 1 N–H and O–H groups in total. The number of rotatable bonds is 4. The Hall–Kier alpha value is -2.18. The Morgan fingerprint density at radius 2 is 2.10 bits per heavy atom. The van der Waals surface area contributed by atoms with Gasteiger partial charge in [-0.1, -0.05) is 6.07 Å². The van der Waals surface area contributed by atoms with Crippen LogP contribution in [0.15, 0.2) is 18.2 Å². The normalized spacial score (nSPS) is 11.0. The van der Waals surface area contributed by atoms with Gasteiger partial charge in [0.1, 0.15) is 5.60 Å². The van der Waals surface area contributed by atoms with Gasteiger partial charge in [-0.25, -0.2) is 4.79 Å². The largest absolute Gasteiger partial charge is 0.444 e. The molecule has 110 valence electrons. The van der Waals surface area contributed by atoms with Gasteiger partial charge in [-0.3, -0.25) is 10.1 Å². The maximum Gasteiger partial charge on any atom is 0.407 e. The number of halogens is 1. The zero-order valence-electron chi connectivity index (χ0n) is 11.6. The number of carbonyl (C=O) groups is 1. The van der Waals surface area contributed by atoms with Crippen molar-refractivity contribution >= 4 is 11.8 Å². The predicted octanol–water partition coefficient (Wildman–Crippen LogP) is 2.80. The van der Waals surface area contributed by atoms with Crippen molar-refractivity contribution in [1.29, 1.82) is 0 Å². The van der Waals surface area contributed by atoms with Crippen molar-refractivity contribution in [1.82, 2.24) is 5.32 Å². The summed E-state index contributed by atoms with van der Waals surface area (Å²) in [5.74, 6) is -0.876. The molecule has 1 aromatic rings. The second-order valence-electron chi connectivity index (χ2n) is 5.22. The van der Waals surface area contributed by atoms with E-state index in [-0.39, 0.29) is 6.54 Å². The van der Waals surface area contributed by atoms with E-state index in [4.69, 9.17) is 4.74 Å². The van der Waals surface area contributed by atoms with E-state index in [0.29, 0.717) is 12.0 Å². The number of hydrogen-bond acceptors (Lipinski definition) is 4. The van der Waals surface area contributed by atoms with Crippen molar-refractivity contribution in [3.63, 3.8) is 0 Å². The van der Waals surface area contributed by atoms with E-state index in [9.17, 15) is 19.3 Å². The molecule has 0 saturated heterocycles. The zero-order chi connectivity index (χ0) is 15.3. The van der Waals surface area contributed by atoms with Crippen LogP contribution in [-0.4, -0.2) is 23.2 Å². The minimum absolute atomic E-state index is 0.248. The first-order valence-corrected chi connectivity index (χ1v) is 6.09. The van der Waals surface area contributed by atoms with Gasteiger partial charge in [0.15, 0.2) is 0 Å². The summed E-state index contributed by atoms with van der Waals surface area (Å²) in [6.45, 7) is 5.49. The molecule has 6 nitrogen and oxygen atoms in total. The summed E-state index contributed by atoms with van der Waals surface area (Å²) in [4.78, 5) is 21.2. The molecule has 0 bridgehead atoms. The van der Waals surface area contributed by atoms with Crippen LogP contribution in [0.3, 0.4) is 0 Å². The Bertz CT molecular complexity index is 512. The summed E-state index contributed by atoms with van der Waals surface area (Å²) in [7, 11) is 0. The summed E-state index contributed by atoms with van der Waals surface area (Å²) < 4.78 is 18.2. The van der Waals surface area contributed by atoms with Crippen molar-refractivity contribution in [2.75, 3.05) is 6.54 Å². The van der Waals surface area contributed by atoms with Crippen LogP contribution in [0.1, 0.15) is 26.3 Å². The van der Waals surface area contributed by atoms with Gasteiger partial charge in [0, 0.05) is 12.6 Å². The molecule has 0 aliphatic carbocycles. The fraction of sp³-hybridized carbons (Fsp3) is 0.462. The van der Waals surface area contributed by atoms with Crippen molar-refractivity contribution in [2.24, 2.45) is 0 Å². The molecule has 0 aliphatic rings. The summed E-state index contributed by atoms with van der Waals surface area (Å²) in [5, 5.41) is 13.1. The molecule has 0 aromatic heterocycles. The monoisotopic (exact) mass is 284 g/mol. The van der Waals surface area contributed by atoms with Crippen LogP contribution in [0.4, 0.5) is 14.9 Å². The molecule has 0 fully saturated rings. The van der Waals surface area contributed by atoms with E-state index >= 15 is 0 Å². The van der Waals surface area contributed by atoms with Gasteiger partial charge in [-0.15, -0.1) is 0 Å². The Kier molecular flexibility index (Phi) is 5.01. The molecular formula is C13H17FN2O4. The molecule has 1 aromatic carbocycles. The first kappa shape index (κ1) is 15.9. The SMILES string of the molecule is CC(C)(C)OC(=O)NCCc1ccc(F)c([N+](=O)[O-])c1. The van der Waals surface area contributed by atoms with E-state index in [1.165, 1.54) is 6.07 Å². The standard InChI is InChI=1S/C13H17FN2O4/c1-13(2,3)20-12(17)15-7-6-9-4-5-10(14)11(8-9)16(18)19/h4-5,8H,6-7H2,1-3H3,(H,15,17). The Balaban J connectivity index is 2.53. The Morgan fingerprint density at radius 1 is 1.45 bits per heavy atom. The molecule has 1 rings (SSSR count). The topological polar surface area (TPSA) is 81.5 Å². The molecule has 0 unspecified atom stereocenters. The van der Waals surface area contributed by atoms with Crippen LogP contribution < -0.4 is 5.32 Å². The van der Waals surface area contributed by atoms with Crippen LogP contribution >= 0.6 is 0 Å². The lowest BCUT2D eigenvalue weighted by Gasteiger charge is -2.19. The molecule has 20 heavy (non-hydrogen) atoms. The summed E-state index contributed by atoms with van der Waals surface area (Å²) in [5.41, 5.74) is -0.590. The third-order valence-corrected chi connectivity index (χ3v) is 2.29. The van der Waals surface area contributed by atoms with Gasteiger partial charge < -0.3 is 10.1 Å². The van der Waals surface area contributed by atoms with Gasteiger partial charge in [0.2, 0.25) is 5.82 Å². The number of nitrogens with zero attached hydrogens (tertiary/aromatic N) is 1. The van der Waals surface area contributed by atoms with Crippen molar-refractivity contribution in [3.05, 3.63) is 39.7 Å². The lowest BCUT2D eigenvalue weighted by atomic mass is 10.1. The van der Waals surface area contributed by atoms with Crippen LogP contribution in [0.2, 0.25) is 0 Å². The predicted molar refractivity (Wildman–Crippen MR) is 71.0 cm³/mol. The van der Waals surface area contributed by atoms with E-state index in [2.05, 4.69) is 5.32 Å². The molecule has 0 aliphatic heterocycles. The number of hydrogen-bond donors (Lipinski definition) is 1. The minimum Gasteiger partial charge on any atom is -0.444 e. The van der Waals surface area contributed by atoms with Crippen LogP contribution in [-0.2, 0) is 11.2 Å². The number of alkyl carbamates (subject to hydrolysis) is 1. The molecule has 0 atom stereocenters. The third-order valence-electron chi connectivity index (χ3n) is 2.29. The van der Waals surface area contributed by atoms with Crippen molar-refractivity contribution in [2.45, 2.75) is 32.8 Å². The number of ether oxygens (including phenoxy) is 1. The number of benzene rings is 1. The number of nitrogens with one attached hydrogen (secondary N) is 1. The third kappa shape index (κ3) is 5.21. The molecular weight excluding hydrogens is 267 g/mol. The Labute approximate surface area is 116 Å². The maximum absolute atomic E-state index is 13.1. The fourth-order valence-corrected chi connectivity index (χ4v) is 1.48. The van der Waals surface area contributed by atoms with E-state index in [1.807, 2.05) is 0 Å². The highest BCUT2D eigenvalue weighted by Crippen LogP contribution is 2.18. The summed E-state index contributed by atoms with van der Waals surface area (Å²) >= 11 is 0. The Morgan fingerprint density at radius 3 is 2.65 bits per heavy atom. The molecule has 0 radical (unpaired) electrons. The molecule has 0 heterocycles. The molecule has 0 spiro atoms. The molecule has 7 heteroatoms. The number of amides is 1. The van der Waals surface area contributed by atoms with Gasteiger partial charge in [0.25, 0.3) is 0 Å². The first-order chi connectivity index (χ1) is 9.19. The second-order valence-corrected chi connectivity index (χ2v) is 5.22. The number of nitro groups is 1. The summed E-state index contributed by atoms with van der Waals surface area (Å²) in [6, 6.07) is 3.64. The van der Waals surface area contributed by atoms with Gasteiger partial charge in [-0.2, -0.15) is 4.39 Å². The first-order valence-electron chi connectivity index (χ1n) is 6.09. The highest BCUT2D eigenvalue weighted by atomic mass is 19.1.